The van der Waals surface area contributed by atoms with Crippen LogP contribution in [0.15, 0.2) is 48.5 Å². The minimum absolute atomic E-state index is 0.154. The number of hydrogen-bond donors (Lipinski definition) is 0. The number of benzene rings is 2. The molecule has 0 saturated heterocycles. The summed E-state index contributed by atoms with van der Waals surface area (Å²) < 4.78 is 5.25. The molecule has 2 heteroatoms. The number of alkyl halides is 1. The van der Waals surface area contributed by atoms with Crippen LogP contribution in [-0.2, 0) is 5.41 Å². The molecular formula is C18H21ClO. The van der Waals surface area contributed by atoms with E-state index < -0.39 is 0 Å². The number of rotatable bonds is 3. The second-order valence-electron chi connectivity index (χ2n) is 6.01. The zero-order valence-electron chi connectivity index (χ0n) is 12.5. The van der Waals surface area contributed by atoms with Crippen molar-refractivity contribution in [3.05, 3.63) is 65.2 Å². The molecule has 1 unspecified atom stereocenters. The van der Waals surface area contributed by atoms with Gasteiger partial charge in [-0.1, -0.05) is 57.2 Å². The average Bonchev–Trinajstić information content (AvgIpc) is 2.46. The Balaban J connectivity index is 2.26. The molecule has 0 N–H and O–H groups in total. The van der Waals surface area contributed by atoms with Crippen molar-refractivity contribution >= 4 is 11.6 Å². The van der Waals surface area contributed by atoms with Crippen molar-refractivity contribution in [1.29, 1.82) is 0 Å². The predicted octanol–water partition coefficient (Wildman–Crippen LogP) is 5.32. The topological polar surface area (TPSA) is 9.23 Å². The molecule has 0 radical (unpaired) electrons. The van der Waals surface area contributed by atoms with Crippen LogP contribution in [-0.4, -0.2) is 7.11 Å². The van der Waals surface area contributed by atoms with E-state index in [1.807, 2.05) is 24.3 Å². The van der Waals surface area contributed by atoms with E-state index in [2.05, 4.69) is 45.0 Å². The molecule has 0 heterocycles. The lowest BCUT2D eigenvalue weighted by molar-refractivity contribution is 0.414. The summed E-state index contributed by atoms with van der Waals surface area (Å²) in [5.74, 6) is 0.833. The Morgan fingerprint density at radius 2 is 1.60 bits per heavy atom. The molecule has 2 aromatic rings. The number of hydrogen-bond acceptors (Lipinski definition) is 1. The summed E-state index contributed by atoms with van der Waals surface area (Å²) in [6.45, 7) is 6.63. The van der Waals surface area contributed by atoms with Crippen LogP contribution >= 0.6 is 11.6 Å². The molecule has 0 spiro atoms. The quantitative estimate of drug-likeness (QED) is 0.695. The second-order valence-corrected chi connectivity index (χ2v) is 6.45. The zero-order chi connectivity index (χ0) is 14.8. The predicted molar refractivity (Wildman–Crippen MR) is 85.8 cm³/mol. The molecule has 2 rings (SSSR count). The fourth-order valence-corrected chi connectivity index (χ4v) is 2.42. The molecule has 0 fully saturated rings. The number of halogens is 1. The van der Waals surface area contributed by atoms with Crippen LogP contribution in [0.5, 0.6) is 5.75 Å². The van der Waals surface area contributed by atoms with Gasteiger partial charge in [-0.15, -0.1) is 11.6 Å². The fraction of sp³-hybridized carbons (Fsp3) is 0.333. The molecule has 2 aromatic carbocycles. The third kappa shape index (κ3) is 3.34. The molecule has 1 atom stereocenters. The van der Waals surface area contributed by atoms with Crippen LogP contribution in [0.1, 0.15) is 42.8 Å². The first-order valence-electron chi connectivity index (χ1n) is 6.80. The van der Waals surface area contributed by atoms with E-state index >= 15 is 0 Å². The summed E-state index contributed by atoms with van der Waals surface area (Å²) in [5.41, 5.74) is 3.63. The third-order valence-corrected chi connectivity index (χ3v) is 3.96. The van der Waals surface area contributed by atoms with E-state index in [4.69, 9.17) is 16.3 Å². The normalized spacial score (nSPS) is 13.1. The van der Waals surface area contributed by atoms with Crippen molar-refractivity contribution in [2.24, 2.45) is 0 Å². The molecular weight excluding hydrogens is 268 g/mol. The molecule has 106 valence electrons. The van der Waals surface area contributed by atoms with Gasteiger partial charge in [0.15, 0.2) is 0 Å². The first-order chi connectivity index (χ1) is 9.41. The smallest absolute Gasteiger partial charge is 0.119 e. The summed E-state index contributed by atoms with van der Waals surface area (Å²) in [6, 6.07) is 16.4. The highest BCUT2D eigenvalue weighted by molar-refractivity contribution is 6.22. The van der Waals surface area contributed by atoms with E-state index in [-0.39, 0.29) is 10.8 Å². The van der Waals surface area contributed by atoms with Crippen molar-refractivity contribution < 1.29 is 4.74 Å². The maximum Gasteiger partial charge on any atom is 0.119 e. The molecule has 0 saturated carbocycles. The Morgan fingerprint density at radius 3 is 2.15 bits per heavy atom. The average molecular weight is 289 g/mol. The first kappa shape index (κ1) is 14.9. The summed E-state index contributed by atoms with van der Waals surface area (Å²) in [7, 11) is 1.67. The summed E-state index contributed by atoms with van der Waals surface area (Å²) in [6.07, 6.45) is 0. The Bertz CT molecular complexity index is 567. The highest BCUT2D eigenvalue weighted by Crippen LogP contribution is 2.32. The Kier molecular flexibility index (Phi) is 4.39. The van der Waals surface area contributed by atoms with Gasteiger partial charge in [-0.05, 0) is 34.2 Å². The molecule has 1 nitrogen and oxygen atoms in total. The maximum absolute atomic E-state index is 6.57. The zero-order valence-corrected chi connectivity index (χ0v) is 13.2. The van der Waals surface area contributed by atoms with Gasteiger partial charge in [0.1, 0.15) is 5.75 Å². The van der Waals surface area contributed by atoms with Crippen LogP contribution < -0.4 is 4.74 Å². The third-order valence-electron chi connectivity index (χ3n) is 3.46. The molecule has 0 aliphatic heterocycles. The standard InChI is InChI=1S/C18H21ClO/c1-18(2,3)15-10-8-13(9-11-15)17(19)14-6-5-7-16(12-14)20-4/h5-12,17H,1-4H3. The van der Waals surface area contributed by atoms with Crippen molar-refractivity contribution in [3.8, 4) is 5.75 Å². The van der Waals surface area contributed by atoms with Crippen molar-refractivity contribution in [2.75, 3.05) is 7.11 Å². The van der Waals surface area contributed by atoms with Crippen LogP contribution in [0.2, 0.25) is 0 Å². The minimum atomic E-state index is -0.154. The van der Waals surface area contributed by atoms with Crippen molar-refractivity contribution in [2.45, 2.75) is 31.6 Å². The van der Waals surface area contributed by atoms with Crippen molar-refractivity contribution in [1.82, 2.24) is 0 Å². The van der Waals surface area contributed by atoms with Gasteiger partial charge >= 0.3 is 0 Å². The molecule has 0 aliphatic carbocycles. The van der Waals surface area contributed by atoms with Crippen LogP contribution in [0.4, 0.5) is 0 Å². The van der Waals surface area contributed by atoms with E-state index in [0.29, 0.717) is 0 Å². The van der Waals surface area contributed by atoms with Crippen LogP contribution in [0.3, 0.4) is 0 Å². The van der Waals surface area contributed by atoms with Gasteiger partial charge in [-0.25, -0.2) is 0 Å². The maximum atomic E-state index is 6.57. The van der Waals surface area contributed by atoms with Gasteiger partial charge in [0.05, 0.1) is 12.5 Å². The minimum Gasteiger partial charge on any atom is -0.497 e. The van der Waals surface area contributed by atoms with Crippen molar-refractivity contribution in [3.63, 3.8) is 0 Å². The Morgan fingerprint density at radius 1 is 0.950 bits per heavy atom. The largest absolute Gasteiger partial charge is 0.497 e. The van der Waals surface area contributed by atoms with E-state index in [1.54, 1.807) is 7.11 Å². The molecule has 0 amide bonds. The highest BCUT2D eigenvalue weighted by Gasteiger charge is 2.15. The molecule has 20 heavy (non-hydrogen) atoms. The number of ether oxygens (including phenoxy) is 1. The summed E-state index contributed by atoms with van der Waals surface area (Å²) in [4.78, 5) is 0. The lowest BCUT2D eigenvalue weighted by Gasteiger charge is -2.20. The van der Waals surface area contributed by atoms with Gasteiger partial charge in [0.2, 0.25) is 0 Å². The molecule has 0 bridgehead atoms. The first-order valence-corrected chi connectivity index (χ1v) is 7.24. The van der Waals surface area contributed by atoms with Gasteiger partial charge < -0.3 is 4.74 Å². The SMILES string of the molecule is COc1cccc(C(Cl)c2ccc(C(C)(C)C)cc2)c1. The van der Waals surface area contributed by atoms with Gasteiger partial charge in [0, 0.05) is 0 Å². The second kappa shape index (κ2) is 5.88. The lowest BCUT2D eigenvalue weighted by atomic mass is 9.86. The van der Waals surface area contributed by atoms with E-state index in [0.717, 1.165) is 16.9 Å². The van der Waals surface area contributed by atoms with E-state index in [1.165, 1.54) is 5.56 Å². The van der Waals surface area contributed by atoms with Gasteiger partial charge in [-0.3, -0.25) is 0 Å². The lowest BCUT2D eigenvalue weighted by Crippen LogP contribution is -2.10. The number of methoxy groups -OCH3 is 1. The van der Waals surface area contributed by atoms with Crippen LogP contribution in [0, 0.1) is 0 Å². The molecule has 0 aliphatic rings. The highest BCUT2D eigenvalue weighted by atomic mass is 35.5. The fourth-order valence-electron chi connectivity index (χ4n) is 2.14. The monoisotopic (exact) mass is 288 g/mol. The van der Waals surface area contributed by atoms with Crippen LogP contribution in [0.25, 0.3) is 0 Å². The summed E-state index contributed by atoms with van der Waals surface area (Å²) >= 11 is 6.57. The summed E-state index contributed by atoms with van der Waals surface area (Å²) in [5, 5.41) is -0.154. The molecule has 0 aromatic heterocycles. The Hall–Kier alpha value is -1.47. The van der Waals surface area contributed by atoms with Gasteiger partial charge in [-0.2, -0.15) is 0 Å². The Labute approximate surface area is 126 Å². The van der Waals surface area contributed by atoms with E-state index in [9.17, 15) is 0 Å². The van der Waals surface area contributed by atoms with Gasteiger partial charge in [0.25, 0.3) is 0 Å².